The Balaban J connectivity index is 2.03. The van der Waals surface area contributed by atoms with Crippen LogP contribution >= 0.6 is 11.8 Å². The van der Waals surface area contributed by atoms with Crippen molar-refractivity contribution in [1.82, 2.24) is 10.6 Å². The molecule has 2 N–H and O–H groups in total. The van der Waals surface area contributed by atoms with Crippen LogP contribution in [0.5, 0.6) is 0 Å². The van der Waals surface area contributed by atoms with Crippen LogP contribution in [-0.2, 0) is 4.79 Å². The predicted octanol–water partition coefficient (Wildman–Crippen LogP) is 1.63. The maximum atomic E-state index is 11.5. The fourth-order valence-corrected chi connectivity index (χ4v) is 2.97. The Kier molecular flexibility index (Phi) is 6.88. The molecule has 1 saturated heterocycles. The van der Waals surface area contributed by atoms with Crippen molar-refractivity contribution < 1.29 is 4.79 Å². The van der Waals surface area contributed by atoms with Gasteiger partial charge in [0.2, 0.25) is 5.91 Å². The van der Waals surface area contributed by atoms with E-state index in [2.05, 4.69) is 17.6 Å². The van der Waals surface area contributed by atoms with Gasteiger partial charge in [-0.2, -0.15) is 11.8 Å². The zero-order valence-electron chi connectivity index (χ0n) is 10.4. The average molecular weight is 244 g/mol. The summed E-state index contributed by atoms with van der Waals surface area (Å²) < 4.78 is 0. The summed E-state index contributed by atoms with van der Waals surface area (Å²) in [4.78, 5) is 11.5. The molecule has 1 aliphatic heterocycles. The van der Waals surface area contributed by atoms with E-state index in [1.54, 1.807) is 0 Å². The lowest BCUT2D eigenvalue weighted by molar-refractivity contribution is -0.120. The number of nitrogens with one attached hydrogen (secondary N) is 2. The summed E-state index contributed by atoms with van der Waals surface area (Å²) in [6, 6.07) is 0.292. The van der Waals surface area contributed by atoms with Gasteiger partial charge in [-0.05, 0) is 50.2 Å². The molecule has 0 saturated carbocycles. The van der Waals surface area contributed by atoms with Gasteiger partial charge in [0.1, 0.15) is 0 Å². The largest absolute Gasteiger partial charge is 0.353 e. The van der Waals surface area contributed by atoms with Crippen LogP contribution in [0.1, 0.15) is 33.1 Å². The molecule has 0 bridgehead atoms. The van der Waals surface area contributed by atoms with Crippen molar-refractivity contribution in [3.63, 3.8) is 0 Å². The number of hydrogen-bond acceptors (Lipinski definition) is 3. The molecule has 0 aromatic rings. The van der Waals surface area contributed by atoms with Gasteiger partial charge in [-0.15, -0.1) is 0 Å². The summed E-state index contributed by atoms with van der Waals surface area (Å²) in [5.41, 5.74) is 0. The number of amides is 1. The van der Waals surface area contributed by atoms with Gasteiger partial charge < -0.3 is 10.6 Å². The van der Waals surface area contributed by atoms with Crippen LogP contribution in [0.2, 0.25) is 0 Å². The summed E-state index contributed by atoms with van der Waals surface area (Å²) >= 11 is 2.04. The van der Waals surface area contributed by atoms with E-state index >= 15 is 0 Å². The van der Waals surface area contributed by atoms with E-state index in [9.17, 15) is 4.79 Å². The Morgan fingerprint density at radius 3 is 2.75 bits per heavy atom. The summed E-state index contributed by atoms with van der Waals surface area (Å²) in [5.74, 6) is 3.47. The molecule has 0 aromatic carbocycles. The molecule has 1 fully saturated rings. The predicted molar refractivity (Wildman–Crippen MR) is 70.8 cm³/mol. The smallest absolute Gasteiger partial charge is 0.234 e. The first-order chi connectivity index (χ1) is 7.72. The zero-order valence-corrected chi connectivity index (χ0v) is 11.2. The van der Waals surface area contributed by atoms with Gasteiger partial charge in [0.15, 0.2) is 0 Å². The van der Waals surface area contributed by atoms with Crippen LogP contribution < -0.4 is 10.6 Å². The molecule has 1 heterocycles. The van der Waals surface area contributed by atoms with E-state index in [-0.39, 0.29) is 5.91 Å². The van der Waals surface area contributed by atoms with Crippen LogP contribution in [0, 0.1) is 5.92 Å². The van der Waals surface area contributed by atoms with Gasteiger partial charge in [0.25, 0.3) is 0 Å². The van der Waals surface area contributed by atoms with E-state index in [0.29, 0.717) is 12.6 Å². The van der Waals surface area contributed by atoms with E-state index in [1.165, 1.54) is 24.3 Å². The molecule has 16 heavy (non-hydrogen) atoms. The van der Waals surface area contributed by atoms with E-state index in [1.807, 2.05) is 18.7 Å². The van der Waals surface area contributed by atoms with Crippen LogP contribution in [0.4, 0.5) is 0 Å². The number of carbonyl (C=O) groups is 1. The maximum Gasteiger partial charge on any atom is 0.234 e. The molecule has 4 heteroatoms. The van der Waals surface area contributed by atoms with Crippen LogP contribution in [0.25, 0.3) is 0 Å². The molecular formula is C12H24N2OS. The minimum Gasteiger partial charge on any atom is -0.353 e. The van der Waals surface area contributed by atoms with Gasteiger partial charge in [0, 0.05) is 6.04 Å². The van der Waals surface area contributed by atoms with Gasteiger partial charge >= 0.3 is 0 Å². The van der Waals surface area contributed by atoms with E-state index in [0.717, 1.165) is 18.9 Å². The van der Waals surface area contributed by atoms with Crippen LogP contribution in [-0.4, -0.2) is 36.5 Å². The van der Waals surface area contributed by atoms with Gasteiger partial charge in [-0.1, -0.05) is 6.92 Å². The minimum absolute atomic E-state index is 0.125. The zero-order chi connectivity index (χ0) is 11.8. The highest BCUT2D eigenvalue weighted by Crippen LogP contribution is 2.21. The number of carbonyl (C=O) groups excluding carboxylic acids is 1. The van der Waals surface area contributed by atoms with Gasteiger partial charge in [-0.3, -0.25) is 4.79 Å². The van der Waals surface area contributed by atoms with Gasteiger partial charge in [-0.25, -0.2) is 0 Å². The third-order valence-corrected chi connectivity index (χ3v) is 4.13. The molecule has 1 unspecified atom stereocenters. The van der Waals surface area contributed by atoms with Gasteiger partial charge in [0.05, 0.1) is 6.54 Å². The first-order valence-corrected chi connectivity index (χ1v) is 7.45. The van der Waals surface area contributed by atoms with Crippen molar-refractivity contribution in [2.75, 3.05) is 24.6 Å². The van der Waals surface area contributed by atoms with E-state index in [4.69, 9.17) is 0 Å². The SMILES string of the molecule is CCC(C)NC(=O)CNCC1CCSCC1. The Hall–Kier alpha value is -0.220. The number of hydrogen-bond donors (Lipinski definition) is 2. The van der Waals surface area contributed by atoms with Crippen molar-refractivity contribution in [2.45, 2.75) is 39.2 Å². The molecule has 1 rings (SSSR count). The molecule has 0 spiro atoms. The fraction of sp³-hybridized carbons (Fsp3) is 0.917. The first kappa shape index (κ1) is 13.8. The highest BCUT2D eigenvalue weighted by Gasteiger charge is 2.13. The number of thioether (sulfide) groups is 1. The molecule has 1 amide bonds. The summed E-state index contributed by atoms with van der Waals surface area (Å²) in [7, 11) is 0. The second-order valence-electron chi connectivity index (χ2n) is 4.56. The maximum absolute atomic E-state index is 11.5. The van der Waals surface area contributed by atoms with Crippen LogP contribution in [0.15, 0.2) is 0 Å². The van der Waals surface area contributed by atoms with E-state index < -0.39 is 0 Å². The lowest BCUT2D eigenvalue weighted by atomic mass is 10.0. The molecule has 0 aromatic heterocycles. The summed E-state index contributed by atoms with van der Waals surface area (Å²) in [6.07, 6.45) is 3.58. The van der Waals surface area contributed by atoms with Crippen molar-refractivity contribution in [3.05, 3.63) is 0 Å². The highest BCUT2D eigenvalue weighted by molar-refractivity contribution is 7.99. The Bertz CT molecular complexity index is 205. The third kappa shape index (κ3) is 5.75. The summed E-state index contributed by atoms with van der Waals surface area (Å²) in [6.45, 7) is 5.58. The molecule has 94 valence electrons. The molecule has 0 radical (unpaired) electrons. The van der Waals surface area contributed by atoms with Crippen molar-refractivity contribution in [1.29, 1.82) is 0 Å². The Labute approximate surface area is 103 Å². The monoisotopic (exact) mass is 244 g/mol. The van der Waals surface area contributed by atoms with Crippen LogP contribution in [0.3, 0.4) is 0 Å². The second-order valence-corrected chi connectivity index (χ2v) is 5.79. The molecule has 3 nitrogen and oxygen atoms in total. The quantitative estimate of drug-likeness (QED) is 0.746. The minimum atomic E-state index is 0.125. The lowest BCUT2D eigenvalue weighted by Gasteiger charge is -2.21. The topological polar surface area (TPSA) is 41.1 Å². The standard InChI is InChI=1S/C12H24N2OS/c1-3-10(2)14-12(15)9-13-8-11-4-6-16-7-5-11/h10-11,13H,3-9H2,1-2H3,(H,14,15). The van der Waals surface area contributed by atoms with Crippen molar-refractivity contribution in [3.8, 4) is 0 Å². The average Bonchev–Trinajstić information content (AvgIpc) is 2.30. The lowest BCUT2D eigenvalue weighted by Crippen LogP contribution is -2.40. The fourth-order valence-electron chi connectivity index (χ4n) is 1.77. The normalized spacial score (nSPS) is 19.4. The Morgan fingerprint density at radius 2 is 2.12 bits per heavy atom. The molecule has 0 aliphatic carbocycles. The third-order valence-electron chi connectivity index (χ3n) is 3.08. The second kappa shape index (κ2) is 7.96. The Morgan fingerprint density at radius 1 is 1.44 bits per heavy atom. The van der Waals surface area contributed by atoms with Crippen molar-refractivity contribution in [2.24, 2.45) is 5.92 Å². The number of rotatable bonds is 6. The first-order valence-electron chi connectivity index (χ1n) is 6.30. The summed E-state index contributed by atoms with van der Waals surface area (Å²) in [5, 5.41) is 6.22. The molecular weight excluding hydrogens is 220 g/mol. The molecule has 1 atom stereocenters. The van der Waals surface area contributed by atoms with Crippen molar-refractivity contribution >= 4 is 17.7 Å². The highest BCUT2D eigenvalue weighted by atomic mass is 32.2. The molecule has 1 aliphatic rings.